The number of fused-ring (bicyclic) bond motifs is 3. The van der Waals surface area contributed by atoms with E-state index in [1.165, 1.54) is 28.2 Å². The maximum atomic E-state index is 13.1. The van der Waals surface area contributed by atoms with Crippen molar-refractivity contribution >= 4 is 55.4 Å². The number of nitrogens with zero attached hydrogens (tertiary/aromatic N) is 1. The van der Waals surface area contributed by atoms with E-state index in [9.17, 15) is 9.59 Å². The van der Waals surface area contributed by atoms with Gasteiger partial charge in [0.15, 0.2) is 0 Å². The fourth-order valence-electron chi connectivity index (χ4n) is 4.42. The summed E-state index contributed by atoms with van der Waals surface area (Å²) >= 11 is 2.78. The molecule has 3 aromatic heterocycles. The molecular formula is C21H22N4O2S2. The van der Waals surface area contributed by atoms with Crippen LogP contribution in [0.15, 0.2) is 6.07 Å². The molecule has 0 spiro atoms. The molecule has 3 heterocycles. The summed E-state index contributed by atoms with van der Waals surface area (Å²) in [6.45, 7) is 0. The average molecular weight is 427 g/mol. The fourth-order valence-corrected chi connectivity index (χ4v) is 6.70. The first-order valence-corrected chi connectivity index (χ1v) is 11.6. The highest BCUT2D eigenvalue weighted by atomic mass is 32.1. The van der Waals surface area contributed by atoms with Gasteiger partial charge in [-0.3, -0.25) is 9.59 Å². The van der Waals surface area contributed by atoms with Gasteiger partial charge in [0.25, 0.3) is 11.8 Å². The Morgan fingerprint density at radius 1 is 1.03 bits per heavy atom. The number of primary amides is 1. The lowest BCUT2D eigenvalue weighted by Gasteiger charge is -2.06. The van der Waals surface area contributed by atoms with Crippen LogP contribution in [0.25, 0.3) is 10.2 Å². The minimum absolute atomic E-state index is 0.301. The van der Waals surface area contributed by atoms with Crippen molar-refractivity contribution in [2.75, 3.05) is 11.1 Å². The van der Waals surface area contributed by atoms with Gasteiger partial charge in [0, 0.05) is 16.0 Å². The Hall–Kier alpha value is -2.45. The van der Waals surface area contributed by atoms with E-state index in [1.54, 1.807) is 0 Å². The molecule has 0 saturated heterocycles. The number of aryl methyl sites for hydroxylation is 3. The van der Waals surface area contributed by atoms with Gasteiger partial charge in [0.1, 0.15) is 14.7 Å². The van der Waals surface area contributed by atoms with Crippen LogP contribution in [0.3, 0.4) is 0 Å². The number of carbonyl (C=O) groups is 2. The second kappa shape index (κ2) is 7.11. The van der Waals surface area contributed by atoms with Crippen LogP contribution in [0.2, 0.25) is 0 Å². The van der Waals surface area contributed by atoms with Gasteiger partial charge in [0.05, 0.1) is 11.3 Å². The van der Waals surface area contributed by atoms with Gasteiger partial charge in [-0.05, 0) is 62.1 Å². The van der Waals surface area contributed by atoms with Crippen molar-refractivity contribution in [2.24, 2.45) is 5.73 Å². The second-order valence-electron chi connectivity index (χ2n) is 7.73. The van der Waals surface area contributed by atoms with Crippen molar-refractivity contribution in [3.8, 4) is 0 Å². The highest BCUT2D eigenvalue weighted by Crippen LogP contribution is 2.39. The highest BCUT2D eigenvalue weighted by Gasteiger charge is 2.26. The fraction of sp³-hybridized carbons (Fsp3) is 0.381. The molecule has 8 heteroatoms. The summed E-state index contributed by atoms with van der Waals surface area (Å²) in [5, 5.41) is 4.31. The molecule has 150 valence electrons. The number of nitrogens with one attached hydrogen (secondary N) is 1. The zero-order valence-electron chi connectivity index (χ0n) is 16.0. The zero-order valence-corrected chi connectivity index (χ0v) is 17.6. The van der Waals surface area contributed by atoms with Gasteiger partial charge in [-0.25, -0.2) is 4.98 Å². The molecule has 3 aromatic rings. The van der Waals surface area contributed by atoms with E-state index in [0.717, 1.165) is 77.7 Å². The molecule has 29 heavy (non-hydrogen) atoms. The number of amides is 2. The number of anilines is 2. The number of rotatable bonds is 3. The van der Waals surface area contributed by atoms with E-state index < -0.39 is 5.91 Å². The summed E-state index contributed by atoms with van der Waals surface area (Å²) in [7, 11) is 0. The van der Waals surface area contributed by atoms with Crippen LogP contribution in [0.1, 0.15) is 67.4 Å². The summed E-state index contributed by atoms with van der Waals surface area (Å²) in [4.78, 5) is 32.3. The third-order valence-corrected chi connectivity index (χ3v) is 8.17. The van der Waals surface area contributed by atoms with Gasteiger partial charge in [-0.2, -0.15) is 0 Å². The smallest absolute Gasteiger partial charge is 0.268 e. The van der Waals surface area contributed by atoms with Gasteiger partial charge in [-0.1, -0.05) is 6.42 Å². The van der Waals surface area contributed by atoms with Crippen LogP contribution in [0.5, 0.6) is 0 Å². The van der Waals surface area contributed by atoms with Crippen LogP contribution in [-0.4, -0.2) is 16.8 Å². The molecule has 5 N–H and O–H groups in total. The van der Waals surface area contributed by atoms with Crippen LogP contribution < -0.4 is 16.8 Å². The molecular weight excluding hydrogens is 404 g/mol. The number of aromatic nitrogens is 1. The van der Waals surface area contributed by atoms with Crippen molar-refractivity contribution in [3.63, 3.8) is 0 Å². The van der Waals surface area contributed by atoms with Crippen molar-refractivity contribution in [1.82, 2.24) is 4.98 Å². The third kappa shape index (κ3) is 3.11. The van der Waals surface area contributed by atoms with E-state index in [0.29, 0.717) is 21.1 Å². The summed E-state index contributed by atoms with van der Waals surface area (Å²) in [5.41, 5.74) is 16.3. The number of thiophene rings is 2. The number of pyridine rings is 1. The maximum absolute atomic E-state index is 13.1. The van der Waals surface area contributed by atoms with Crippen molar-refractivity contribution in [1.29, 1.82) is 0 Å². The Balaban J connectivity index is 1.51. The van der Waals surface area contributed by atoms with E-state index in [2.05, 4.69) is 11.4 Å². The van der Waals surface area contributed by atoms with Crippen LogP contribution in [-0.2, 0) is 25.7 Å². The molecule has 6 nitrogen and oxygen atoms in total. The normalized spacial score (nSPS) is 15.7. The Morgan fingerprint density at radius 3 is 2.69 bits per heavy atom. The minimum Gasteiger partial charge on any atom is -0.397 e. The monoisotopic (exact) mass is 426 g/mol. The number of nitrogens with two attached hydrogens (primary N) is 2. The van der Waals surface area contributed by atoms with Gasteiger partial charge < -0.3 is 16.8 Å². The maximum Gasteiger partial charge on any atom is 0.268 e. The molecule has 0 atom stereocenters. The summed E-state index contributed by atoms with van der Waals surface area (Å²) in [6.07, 6.45) is 8.15. The van der Waals surface area contributed by atoms with Crippen LogP contribution >= 0.6 is 22.7 Å². The predicted molar refractivity (Wildman–Crippen MR) is 118 cm³/mol. The first kappa shape index (κ1) is 18.6. The molecule has 0 aromatic carbocycles. The number of hydrogen-bond donors (Lipinski definition) is 3. The Labute approximate surface area is 176 Å². The Morgan fingerprint density at radius 2 is 1.86 bits per heavy atom. The van der Waals surface area contributed by atoms with Crippen molar-refractivity contribution < 1.29 is 9.59 Å². The molecule has 2 amide bonds. The largest absolute Gasteiger partial charge is 0.397 e. The Bertz CT molecular complexity index is 1160. The predicted octanol–water partition coefficient (Wildman–Crippen LogP) is 4.05. The van der Waals surface area contributed by atoms with Gasteiger partial charge in [0.2, 0.25) is 0 Å². The number of hydrogen-bond acceptors (Lipinski definition) is 6. The second-order valence-corrected chi connectivity index (χ2v) is 9.84. The molecule has 5 rings (SSSR count). The van der Waals surface area contributed by atoms with Gasteiger partial charge in [-0.15, -0.1) is 22.7 Å². The van der Waals surface area contributed by atoms with Crippen LogP contribution in [0, 0.1) is 0 Å². The molecule has 0 bridgehead atoms. The molecule has 0 fully saturated rings. The third-order valence-electron chi connectivity index (χ3n) is 5.85. The lowest BCUT2D eigenvalue weighted by atomic mass is 10.1. The molecule has 0 aliphatic heterocycles. The first-order chi connectivity index (χ1) is 14.0. The number of carbonyl (C=O) groups excluding carboxylic acids is 2. The zero-order chi connectivity index (χ0) is 20.1. The summed E-state index contributed by atoms with van der Waals surface area (Å²) in [5.74, 6) is -0.785. The SMILES string of the molecule is NC(=O)c1c(NC(=O)c2sc3nc4c(cc3c2N)CCC4)sc2c1CCCCC2. The van der Waals surface area contributed by atoms with E-state index in [1.807, 2.05) is 0 Å². The lowest BCUT2D eigenvalue weighted by molar-refractivity contribution is 0.100. The first-order valence-electron chi connectivity index (χ1n) is 9.99. The minimum atomic E-state index is -0.484. The summed E-state index contributed by atoms with van der Waals surface area (Å²) < 4.78 is 0. The molecule has 2 aliphatic rings. The molecule has 0 radical (unpaired) electrons. The quantitative estimate of drug-likeness (QED) is 0.549. The van der Waals surface area contributed by atoms with Crippen LogP contribution in [0.4, 0.5) is 10.7 Å². The van der Waals surface area contributed by atoms with E-state index in [-0.39, 0.29) is 5.91 Å². The average Bonchev–Trinajstić information content (AvgIpc) is 3.32. The van der Waals surface area contributed by atoms with Crippen molar-refractivity contribution in [3.05, 3.63) is 38.2 Å². The topological polar surface area (TPSA) is 111 Å². The lowest BCUT2D eigenvalue weighted by Crippen LogP contribution is -2.18. The molecule has 0 unspecified atom stereocenters. The summed E-state index contributed by atoms with van der Waals surface area (Å²) in [6, 6.07) is 2.08. The number of nitrogen functional groups attached to an aromatic ring is 1. The molecule has 2 aliphatic carbocycles. The van der Waals surface area contributed by atoms with E-state index in [4.69, 9.17) is 16.5 Å². The molecule has 0 saturated carbocycles. The van der Waals surface area contributed by atoms with E-state index >= 15 is 0 Å². The van der Waals surface area contributed by atoms with Crippen molar-refractivity contribution in [2.45, 2.75) is 51.4 Å². The standard InChI is InChI=1S/C21H22N4O2S2/c22-16-12-9-10-5-4-7-13(10)24-20(12)29-17(16)19(27)25-21-15(18(23)26)11-6-2-1-3-8-14(11)28-21/h9H,1-8,22H2,(H2,23,26)(H,25,27). The highest BCUT2D eigenvalue weighted by molar-refractivity contribution is 7.21. The Kier molecular flexibility index (Phi) is 4.55. The van der Waals surface area contributed by atoms with Gasteiger partial charge >= 0.3 is 0 Å².